The number of hydrogen-bond donors (Lipinski definition) is 1. The van der Waals surface area contributed by atoms with Crippen molar-refractivity contribution in [2.45, 2.75) is 37.2 Å². The molecule has 1 amide bonds. The Bertz CT molecular complexity index is 678. The smallest absolute Gasteiger partial charge is 0.237 e. The van der Waals surface area contributed by atoms with Crippen LogP contribution in [0.5, 0.6) is 0 Å². The number of carbonyl (C=O) groups is 1. The maximum atomic E-state index is 13.7. The molecule has 0 aliphatic heterocycles. The second kappa shape index (κ2) is 7.19. The van der Waals surface area contributed by atoms with E-state index in [1.165, 1.54) is 23.9 Å². The fourth-order valence-corrected chi connectivity index (χ4v) is 2.88. The van der Waals surface area contributed by atoms with Crippen LogP contribution in [0.3, 0.4) is 0 Å². The van der Waals surface area contributed by atoms with Crippen molar-refractivity contribution < 1.29 is 9.18 Å². The van der Waals surface area contributed by atoms with Crippen molar-refractivity contribution in [3.8, 4) is 0 Å². The zero-order chi connectivity index (χ0) is 16.3. The van der Waals surface area contributed by atoms with Crippen molar-refractivity contribution in [2.24, 2.45) is 0 Å². The van der Waals surface area contributed by atoms with E-state index in [2.05, 4.69) is 36.8 Å². The van der Waals surface area contributed by atoms with E-state index in [0.717, 1.165) is 0 Å². The topological polar surface area (TPSA) is 72.7 Å². The number of benzene rings is 1. The number of tetrazole rings is 1. The number of nitrogens with one attached hydrogen (secondary N) is 1. The van der Waals surface area contributed by atoms with E-state index in [-0.39, 0.29) is 17.6 Å². The first-order valence-electron chi connectivity index (χ1n) is 6.59. The molecule has 1 aromatic carbocycles. The van der Waals surface area contributed by atoms with Crippen molar-refractivity contribution >= 4 is 39.3 Å². The molecule has 0 spiro atoms. The number of nitrogens with zero attached hydrogens (tertiary/aromatic N) is 4. The summed E-state index contributed by atoms with van der Waals surface area (Å²) in [7, 11) is 0. The van der Waals surface area contributed by atoms with E-state index in [9.17, 15) is 9.18 Å². The molecule has 22 heavy (non-hydrogen) atoms. The largest absolute Gasteiger partial charge is 0.323 e. The zero-order valence-corrected chi connectivity index (χ0v) is 14.7. The highest BCUT2D eigenvalue weighted by molar-refractivity contribution is 9.10. The van der Waals surface area contributed by atoms with Gasteiger partial charge in [-0.25, -0.2) is 9.07 Å². The normalized spacial score (nSPS) is 12.5. The molecule has 2 aromatic rings. The second-order valence-electron chi connectivity index (χ2n) is 4.87. The summed E-state index contributed by atoms with van der Waals surface area (Å²) in [5, 5.41) is 14.0. The summed E-state index contributed by atoms with van der Waals surface area (Å²) in [6.07, 6.45) is 0. The van der Waals surface area contributed by atoms with Crippen molar-refractivity contribution in [1.29, 1.82) is 0 Å². The summed E-state index contributed by atoms with van der Waals surface area (Å²) in [6, 6.07) is 4.56. The second-order valence-corrected chi connectivity index (χ2v) is 7.10. The van der Waals surface area contributed by atoms with Crippen LogP contribution in [0.2, 0.25) is 0 Å². The Kier molecular flexibility index (Phi) is 5.52. The SMILES string of the molecule is CC(Sc1nnnn1C(C)C)C(=O)Nc1ccc(Br)cc1F. The minimum Gasteiger partial charge on any atom is -0.323 e. The van der Waals surface area contributed by atoms with E-state index in [1.54, 1.807) is 17.7 Å². The molecule has 0 saturated heterocycles. The lowest BCUT2D eigenvalue weighted by Gasteiger charge is -2.13. The number of amides is 1. The zero-order valence-electron chi connectivity index (χ0n) is 12.2. The molecule has 1 unspecified atom stereocenters. The summed E-state index contributed by atoms with van der Waals surface area (Å²) < 4.78 is 16.0. The van der Waals surface area contributed by atoms with Crippen molar-refractivity contribution in [3.05, 3.63) is 28.5 Å². The van der Waals surface area contributed by atoms with E-state index >= 15 is 0 Å². The number of aromatic nitrogens is 4. The first-order chi connectivity index (χ1) is 10.4. The number of rotatable bonds is 5. The highest BCUT2D eigenvalue weighted by Crippen LogP contribution is 2.25. The maximum Gasteiger partial charge on any atom is 0.237 e. The minimum atomic E-state index is -0.494. The number of anilines is 1. The highest BCUT2D eigenvalue weighted by atomic mass is 79.9. The van der Waals surface area contributed by atoms with Gasteiger partial charge < -0.3 is 5.32 Å². The molecule has 0 aliphatic rings. The Labute approximate surface area is 140 Å². The van der Waals surface area contributed by atoms with Crippen molar-refractivity contribution in [3.63, 3.8) is 0 Å². The van der Waals surface area contributed by atoms with Gasteiger partial charge in [0, 0.05) is 4.47 Å². The molecule has 0 bridgehead atoms. The lowest BCUT2D eigenvalue weighted by atomic mass is 10.3. The summed E-state index contributed by atoms with van der Waals surface area (Å²) >= 11 is 4.40. The number of thioether (sulfide) groups is 1. The predicted octanol–water partition coefficient (Wildman–Crippen LogP) is 3.27. The summed E-state index contributed by atoms with van der Waals surface area (Å²) in [5.74, 6) is -0.809. The lowest BCUT2D eigenvalue weighted by Crippen LogP contribution is -2.23. The number of hydrogen-bond acceptors (Lipinski definition) is 5. The molecule has 1 aromatic heterocycles. The van der Waals surface area contributed by atoms with Gasteiger partial charge in [0.15, 0.2) is 0 Å². The van der Waals surface area contributed by atoms with Crippen LogP contribution >= 0.6 is 27.7 Å². The molecule has 9 heteroatoms. The summed E-state index contributed by atoms with van der Waals surface area (Å²) in [4.78, 5) is 12.2. The van der Waals surface area contributed by atoms with Gasteiger partial charge in [0.1, 0.15) is 5.82 Å². The van der Waals surface area contributed by atoms with E-state index in [0.29, 0.717) is 9.63 Å². The minimum absolute atomic E-state index is 0.0941. The average molecular weight is 388 g/mol. The molecule has 118 valence electrons. The van der Waals surface area contributed by atoms with E-state index in [1.807, 2.05) is 13.8 Å². The summed E-state index contributed by atoms with van der Waals surface area (Å²) in [5.41, 5.74) is 0.143. The van der Waals surface area contributed by atoms with Crippen LogP contribution in [0, 0.1) is 5.82 Å². The van der Waals surface area contributed by atoms with Gasteiger partial charge in [-0.15, -0.1) is 5.10 Å². The van der Waals surface area contributed by atoms with Gasteiger partial charge in [0.2, 0.25) is 11.1 Å². The van der Waals surface area contributed by atoms with Crippen LogP contribution in [0.4, 0.5) is 10.1 Å². The molecule has 0 aliphatic carbocycles. The highest BCUT2D eigenvalue weighted by Gasteiger charge is 2.20. The third kappa shape index (κ3) is 4.04. The van der Waals surface area contributed by atoms with Gasteiger partial charge in [-0.2, -0.15) is 0 Å². The quantitative estimate of drug-likeness (QED) is 0.796. The fraction of sp³-hybridized carbons (Fsp3) is 0.385. The van der Waals surface area contributed by atoms with Gasteiger partial charge in [-0.05, 0) is 49.4 Å². The number of carbonyl (C=O) groups excluding carboxylic acids is 1. The van der Waals surface area contributed by atoms with Gasteiger partial charge >= 0.3 is 0 Å². The van der Waals surface area contributed by atoms with Crippen LogP contribution < -0.4 is 5.32 Å². The molecule has 0 radical (unpaired) electrons. The standard InChI is InChI=1S/C13H15BrFN5OS/c1-7(2)20-13(17-18-19-20)22-8(3)12(21)16-11-5-4-9(14)6-10(11)15/h4-8H,1-3H3,(H,16,21). The molecule has 6 nitrogen and oxygen atoms in total. The molecule has 0 saturated carbocycles. The Morgan fingerprint density at radius 1 is 1.41 bits per heavy atom. The van der Waals surface area contributed by atoms with Crippen LogP contribution in [0.15, 0.2) is 27.8 Å². The number of halogens is 2. The summed E-state index contributed by atoms with van der Waals surface area (Å²) in [6.45, 7) is 5.61. The molecular formula is C13H15BrFN5OS. The van der Waals surface area contributed by atoms with Gasteiger partial charge in [-0.3, -0.25) is 4.79 Å². The van der Waals surface area contributed by atoms with Crippen LogP contribution in [-0.2, 0) is 4.79 Å². The van der Waals surface area contributed by atoms with E-state index < -0.39 is 11.1 Å². The monoisotopic (exact) mass is 387 g/mol. The third-order valence-electron chi connectivity index (χ3n) is 2.79. The Morgan fingerprint density at radius 2 is 2.14 bits per heavy atom. The lowest BCUT2D eigenvalue weighted by molar-refractivity contribution is -0.115. The molecular weight excluding hydrogens is 373 g/mol. The fourth-order valence-electron chi connectivity index (χ4n) is 1.62. The van der Waals surface area contributed by atoms with Gasteiger partial charge in [0.05, 0.1) is 17.0 Å². The molecule has 1 atom stereocenters. The Balaban J connectivity index is 2.04. The maximum absolute atomic E-state index is 13.7. The predicted molar refractivity (Wildman–Crippen MR) is 86.3 cm³/mol. The van der Waals surface area contributed by atoms with Gasteiger partial charge in [0.25, 0.3) is 0 Å². The third-order valence-corrected chi connectivity index (χ3v) is 4.33. The average Bonchev–Trinajstić information content (AvgIpc) is 2.90. The first kappa shape index (κ1) is 16.9. The van der Waals surface area contributed by atoms with Gasteiger partial charge in [-0.1, -0.05) is 27.7 Å². The van der Waals surface area contributed by atoms with Crippen LogP contribution in [0.25, 0.3) is 0 Å². The molecule has 2 rings (SSSR count). The molecule has 1 N–H and O–H groups in total. The van der Waals surface area contributed by atoms with Crippen LogP contribution in [-0.4, -0.2) is 31.4 Å². The van der Waals surface area contributed by atoms with Crippen LogP contribution in [0.1, 0.15) is 26.8 Å². The Morgan fingerprint density at radius 3 is 2.77 bits per heavy atom. The molecule has 0 fully saturated rings. The first-order valence-corrected chi connectivity index (χ1v) is 8.26. The molecule has 1 heterocycles. The van der Waals surface area contributed by atoms with E-state index in [4.69, 9.17) is 0 Å². The van der Waals surface area contributed by atoms with Crippen molar-refractivity contribution in [2.75, 3.05) is 5.32 Å². The Hall–Kier alpha value is -1.48. The van der Waals surface area contributed by atoms with Crippen molar-refractivity contribution in [1.82, 2.24) is 20.2 Å².